The Labute approximate surface area is 172 Å². The molecule has 1 amide bonds. The lowest BCUT2D eigenvalue weighted by Gasteiger charge is -2.24. The van der Waals surface area contributed by atoms with Crippen LogP contribution in [-0.2, 0) is 15.4 Å². The minimum atomic E-state index is -3.74. The van der Waals surface area contributed by atoms with E-state index in [1.54, 1.807) is 44.2 Å². The van der Waals surface area contributed by atoms with Crippen molar-refractivity contribution >= 4 is 15.9 Å². The van der Waals surface area contributed by atoms with Crippen LogP contribution in [0.4, 0.5) is 8.78 Å². The summed E-state index contributed by atoms with van der Waals surface area (Å²) in [6.45, 7) is 3.61. The summed E-state index contributed by atoms with van der Waals surface area (Å²) in [4.78, 5) is 24.1. The Hall–Kier alpha value is -3.27. The first kappa shape index (κ1) is 21.4. The molecule has 156 valence electrons. The molecule has 0 aliphatic heterocycles. The number of hydrogen-bond donors (Lipinski definition) is 1. The number of carbonyl (C=O) groups is 1. The Balaban J connectivity index is 2.00. The normalized spacial score (nSPS) is 11.9. The third kappa shape index (κ3) is 4.65. The zero-order valence-corrected chi connectivity index (χ0v) is 17.2. The van der Waals surface area contributed by atoms with Crippen LogP contribution >= 0.6 is 0 Å². The van der Waals surface area contributed by atoms with Crippen molar-refractivity contribution in [2.75, 3.05) is 6.26 Å². The summed E-state index contributed by atoms with van der Waals surface area (Å²) in [5.41, 5.74) is 0.375. The zero-order chi connectivity index (χ0) is 22.1. The van der Waals surface area contributed by atoms with E-state index in [2.05, 4.69) is 15.0 Å². The van der Waals surface area contributed by atoms with Gasteiger partial charge in [-0.25, -0.2) is 18.1 Å². The number of sulfonamides is 1. The number of rotatable bonds is 5. The molecule has 30 heavy (non-hydrogen) atoms. The lowest BCUT2D eigenvalue weighted by Crippen LogP contribution is -2.31. The van der Waals surface area contributed by atoms with Crippen molar-refractivity contribution < 1.29 is 22.0 Å². The quantitative estimate of drug-likeness (QED) is 0.622. The maximum Gasteiger partial charge on any atom is 0.283 e. The number of pyridine rings is 3. The van der Waals surface area contributed by atoms with Crippen molar-refractivity contribution in [1.82, 2.24) is 19.7 Å². The summed E-state index contributed by atoms with van der Waals surface area (Å²) < 4.78 is 51.7. The first-order chi connectivity index (χ1) is 14.0. The Kier molecular flexibility index (Phi) is 5.62. The number of nitrogens with zero attached hydrogens (tertiary/aromatic N) is 3. The molecule has 0 aliphatic carbocycles. The van der Waals surface area contributed by atoms with Crippen LogP contribution < -0.4 is 4.72 Å². The molecule has 3 rings (SSSR count). The van der Waals surface area contributed by atoms with Gasteiger partial charge in [-0.1, -0.05) is 12.1 Å². The maximum atomic E-state index is 14.1. The summed E-state index contributed by atoms with van der Waals surface area (Å²) in [7, 11) is -3.74. The van der Waals surface area contributed by atoms with E-state index in [1.165, 1.54) is 12.1 Å². The van der Waals surface area contributed by atoms with Crippen LogP contribution in [0.2, 0.25) is 0 Å². The third-order valence-electron chi connectivity index (χ3n) is 4.38. The van der Waals surface area contributed by atoms with E-state index < -0.39 is 33.2 Å². The monoisotopic (exact) mass is 432 g/mol. The minimum Gasteiger partial charge on any atom is -0.266 e. The summed E-state index contributed by atoms with van der Waals surface area (Å²) in [5, 5.41) is 0. The van der Waals surface area contributed by atoms with Crippen LogP contribution in [0.15, 0.2) is 48.5 Å². The predicted molar refractivity (Wildman–Crippen MR) is 106 cm³/mol. The molecule has 10 heteroatoms. The highest BCUT2D eigenvalue weighted by atomic mass is 32.2. The average Bonchev–Trinajstić information content (AvgIpc) is 2.67. The highest BCUT2D eigenvalue weighted by Gasteiger charge is 2.28. The second-order valence-electron chi connectivity index (χ2n) is 7.12. The molecule has 0 bridgehead atoms. The fraction of sp³-hybridized carbons (Fsp3) is 0.200. The van der Waals surface area contributed by atoms with Gasteiger partial charge in [-0.15, -0.1) is 0 Å². The number of halogens is 2. The molecule has 0 aliphatic rings. The van der Waals surface area contributed by atoms with Crippen molar-refractivity contribution in [3.63, 3.8) is 0 Å². The van der Waals surface area contributed by atoms with Crippen LogP contribution in [0, 0.1) is 11.9 Å². The van der Waals surface area contributed by atoms with Crippen LogP contribution in [0.25, 0.3) is 11.3 Å². The standard InChI is InChI=1S/C20H18F2N4O3S/c1-20(2,16-9-5-7-14(24-16)19(27)26-30(3,28)29)15-8-4-6-13(23-15)12-10-11-17(21)25-18(12)22/h4-11H,1-3H3,(H,26,27). The van der Waals surface area contributed by atoms with Crippen LogP contribution in [0.3, 0.4) is 0 Å². The molecule has 0 saturated heterocycles. The molecule has 7 nitrogen and oxygen atoms in total. The summed E-state index contributed by atoms with van der Waals surface area (Å²) in [5.74, 6) is -2.76. The first-order valence-electron chi connectivity index (χ1n) is 8.77. The molecule has 0 unspecified atom stereocenters. The Morgan fingerprint density at radius 1 is 0.933 bits per heavy atom. The molecule has 0 spiro atoms. The van der Waals surface area contributed by atoms with Gasteiger partial charge in [0.15, 0.2) is 0 Å². The zero-order valence-electron chi connectivity index (χ0n) is 16.3. The molecule has 1 N–H and O–H groups in total. The predicted octanol–water partition coefficient (Wildman–Crippen LogP) is 2.83. The smallest absolute Gasteiger partial charge is 0.266 e. The Morgan fingerprint density at radius 2 is 1.57 bits per heavy atom. The lowest BCUT2D eigenvalue weighted by atomic mass is 9.84. The van der Waals surface area contributed by atoms with E-state index in [9.17, 15) is 22.0 Å². The lowest BCUT2D eigenvalue weighted by molar-refractivity contribution is 0.0976. The molecular weight excluding hydrogens is 414 g/mol. The topological polar surface area (TPSA) is 102 Å². The van der Waals surface area contributed by atoms with E-state index in [1.807, 2.05) is 4.72 Å². The summed E-state index contributed by atoms with van der Waals surface area (Å²) in [6, 6.07) is 11.9. The Bertz CT molecular complexity index is 1230. The number of carbonyl (C=O) groups excluding carboxylic acids is 1. The molecule has 0 atom stereocenters. The van der Waals surface area contributed by atoms with Crippen LogP contribution in [-0.4, -0.2) is 35.5 Å². The van der Waals surface area contributed by atoms with E-state index >= 15 is 0 Å². The van der Waals surface area contributed by atoms with Crippen molar-refractivity contribution in [2.24, 2.45) is 0 Å². The number of hydrogen-bond acceptors (Lipinski definition) is 6. The van der Waals surface area contributed by atoms with Crippen LogP contribution in [0.1, 0.15) is 35.7 Å². The van der Waals surface area contributed by atoms with E-state index in [4.69, 9.17) is 0 Å². The highest BCUT2D eigenvalue weighted by Crippen LogP contribution is 2.31. The second kappa shape index (κ2) is 7.86. The summed E-state index contributed by atoms with van der Waals surface area (Å²) >= 11 is 0. The fourth-order valence-electron chi connectivity index (χ4n) is 2.80. The number of nitrogens with one attached hydrogen (secondary N) is 1. The van der Waals surface area contributed by atoms with Crippen molar-refractivity contribution in [1.29, 1.82) is 0 Å². The van der Waals surface area contributed by atoms with Gasteiger partial charge in [0, 0.05) is 5.41 Å². The summed E-state index contributed by atoms with van der Waals surface area (Å²) in [6.07, 6.45) is 0.873. The van der Waals surface area contributed by atoms with Gasteiger partial charge in [0.05, 0.1) is 28.9 Å². The van der Waals surface area contributed by atoms with E-state index in [0.717, 1.165) is 12.3 Å². The molecule has 0 radical (unpaired) electrons. The highest BCUT2D eigenvalue weighted by molar-refractivity contribution is 7.89. The SMILES string of the molecule is CC(C)(c1cccc(C(=O)NS(C)(=O)=O)n1)c1cccc(-c2ccc(F)nc2F)n1. The van der Waals surface area contributed by atoms with Gasteiger partial charge in [0.25, 0.3) is 5.91 Å². The van der Waals surface area contributed by atoms with Gasteiger partial charge in [0.1, 0.15) is 5.69 Å². The molecule has 0 saturated carbocycles. The maximum absolute atomic E-state index is 14.1. The molecule has 3 aromatic heterocycles. The van der Waals surface area contributed by atoms with Crippen molar-refractivity contribution in [2.45, 2.75) is 19.3 Å². The Morgan fingerprint density at radius 3 is 2.20 bits per heavy atom. The van der Waals surface area contributed by atoms with Crippen LogP contribution in [0.5, 0.6) is 0 Å². The fourth-order valence-corrected chi connectivity index (χ4v) is 3.24. The van der Waals surface area contributed by atoms with Gasteiger partial charge in [-0.3, -0.25) is 9.78 Å². The average molecular weight is 432 g/mol. The van der Waals surface area contributed by atoms with Crippen molar-refractivity contribution in [3.8, 4) is 11.3 Å². The van der Waals surface area contributed by atoms with Gasteiger partial charge < -0.3 is 0 Å². The number of aromatic nitrogens is 3. The van der Waals surface area contributed by atoms with E-state index in [0.29, 0.717) is 11.4 Å². The minimum absolute atomic E-state index is 0.0447. The van der Waals surface area contributed by atoms with Gasteiger partial charge in [-0.05, 0) is 50.2 Å². The van der Waals surface area contributed by atoms with Crippen molar-refractivity contribution in [3.05, 3.63) is 77.5 Å². The molecule has 3 aromatic rings. The van der Waals surface area contributed by atoms with Gasteiger partial charge >= 0.3 is 0 Å². The molecule has 0 aromatic carbocycles. The molecule has 3 heterocycles. The first-order valence-corrected chi connectivity index (χ1v) is 10.7. The van der Waals surface area contributed by atoms with Gasteiger partial charge in [-0.2, -0.15) is 13.8 Å². The number of amides is 1. The third-order valence-corrected chi connectivity index (χ3v) is 4.94. The van der Waals surface area contributed by atoms with Gasteiger partial charge in [0.2, 0.25) is 21.9 Å². The second-order valence-corrected chi connectivity index (χ2v) is 8.87. The largest absolute Gasteiger partial charge is 0.283 e. The van der Waals surface area contributed by atoms with E-state index in [-0.39, 0.29) is 17.0 Å². The molecular formula is C20H18F2N4O3S. The molecule has 0 fully saturated rings.